The van der Waals surface area contributed by atoms with Gasteiger partial charge in [-0.05, 0) is 12.1 Å². The number of hydrogen-bond donors (Lipinski definition) is 1. The van der Waals surface area contributed by atoms with E-state index in [0.717, 1.165) is 0 Å². The van der Waals surface area contributed by atoms with Crippen LogP contribution in [-0.4, -0.2) is 23.0 Å². The molecule has 1 aromatic heterocycles. The van der Waals surface area contributed by atoms with Gasteiger partial charge < -0.3 is 14.4 Å². The number of aromatic nitrogens is 1. The molecule has 1 aromatic rings. The van der Waals surface area contributed by atoms with Crippen molar-refractivity contribution < 1.29 is 14.4 Å². The van der Waals surface area contributed by atoms with Crippen molar-refractivity contribution in [1.82, 2.24) is 5.16 Å². The molecule has 0 amide bonds. The fraction of sp³-hybridized carbons (Fsp3) is 0.500. The molecule has 1 unspecified atom stereocenters. The lowest BCUT2D eigenvalue weighted by Crippen LogP contribution is -2.12. The second-order valence-electron chi connectivity index (χ2n) is 2.00. The third-order valence-corrected chi connectivity index (χ3v) is 0.887. The van der Waals surface area contributed by atoms with Crippen LogP contribution in [0.15, 0.2) is 16.9 Å². The standard InChI is InChI=1S/C6H9NO3/c1-5(8)4-9-6-2-3-10-7-6/h2-3,5,8H,4H2,1H3. The molecule has 4 nitrogen and oxygen atoms in total. The molecule has 0 saturated heterocycles. The smallest absolute Gasteiger partial charge is 0.254 e. The fourth-order valence-corrected chi connectivity index (χ4v) is 0.482. The Morgan fingerprint density at radius 1 is 1.90 bits per heavy atom. The van der Waals surface area contributed by atoms with Gasteiger partial charge in [0.1, 0.15) is 12.9 Å². The van der Waals surface area contributed by atoms with Crippen LogP contribution < -0.4 is 4.74 Å². The summed E-state index contributed by atoms with van der Waals surface area (Å²) in [5.41, 5.74) is 0. The van der Waals surface area contributed by atoms with Crippen LogP contribution in [-0.2, 0) is 0 Å². The molecule has 0 radical (unpaired) electrons. The second kappa shape index (κ2) is 3.22. The molecule has 0 bridgehead atoms. The van der Waals surface area contributed by atoms with Crippen molar-refractivity contribution in [2.24, 2.45) is 0 Å². The van der Waals surface area contributed by atoms with E-state index < -0.39 is 6.10 Å². The summed E-state index contributed by atoms with van der Waals surface area (Å²) in [5, 5.41) is 12.2. The molecule has 1 rings (SSSR count). The first-order valence-electron chi connectivity index (χ1n) is 3.00. The summed E-state index contributed by atoms with van der Waals surface area (Å²) in [6.45, 7) is 1.88. The molecule has 56 valence electrons. The van der Waals surface area contributed by atoms with Gasteiger partial charge in [-0.15, -0.1) is 0 Å². The third-order valence-electron chi connectivity index (χ3n) is 0.887. The van der Waals surface area contributed by atoms with Gasteiger partial charge in [0, 0.05) is 6.07 Å². The topological polar surface area (TPSA) is 55.5 Å². The van der Waals surface area contributed by atoms with Crippen molar-refractivity contribution in [2.75, 3.05) is 6.61 Å². The van der Waals surface area contributed by atoms with Gasteiger partial charge in [-0.1, -0.05) is 0 Å². The number of aliphatic hydroxyl groups excluding tert-OH is 1. The molecular weight excluding hydrogens is 134 g/mol. The highest BCUT2D eigenvalue weighted by atomic mass is 16.5. The van der Waals surface area contributed by atoms with E-state index in [9.17, 15) is 0 Å². The molecule has 0 aliphatic carbocycles. The Morgan fingerprint density at radius 2 is 2.70 bits per heavy atom. The zero-order valence-electron chi connectivity index (χ0n) is 5.65. The summed E-state index contributed by atoms with van der Waals surface area (Å²) in [7, 11) is 0. The highest BCUT2D eigenvalue weighted by Crippen LogP contribution is 2.04. The molecule has 1 atom stereocenters. The van der Waals surface area contributed by atoms with E-state index in [-0.39, 0.29) is 6.61 Å². The van der Waals surface area contributed by atoms with Crippen LogP contribution in [0.3, 0.4) is 0 Å². The summed E-state index contributed by atoms with van der Waals surface area (Å²) in [6, 6.07) is 1.59. The second-order valence-corrected chi connectivity index (χ2v) is 2.00. The minimum Gasteiger partial charge on any atom is -0.473 e. The SMILES string of the molecule is CC(O)COc1ccon1. The van der Waals surface area contributed by atoms with Gasteiger partial charge >= 0.3 is 0 Å². The Morgan fingerprint density at radius 3 is 3.20 bits per heavy atom. The molecule has 1 N–H and O–H groups in total. The maximum absolute atomic E-state index is 8.77. The van der Waals surface area contributed by atoms with Gasteiger partial charge in [0.15, 0.2) is 0 Å². The summed E-state index contributed by atoms with van der Waals surface area (Å²) in [6.07, 6.45) is 0.939. The molecule has 10 heavy (non-hydrogen) atoms. The van der Waals surface area contributed by atoms with E-state index in [2.05, 4.69) is 9.68 Å². The number of ether oxygens (including phenoxy) is 1. The molecule has 0 aliphatic heterocycles. The van der Waals surface area contributed by atoms with Crippen LogP contribution in [0.25, 0.3) is 0 Å². The Bertz CT molecular complexity index is 171. The van der Waals surface area contributed by atoms with E-state index in [1.165, 1.54) is 6.26 Å². The first kappa shape index (κ1) is 7.08. The van der Waals surface area contributed by atoms with E-state index >= 15 is 0 Å². The number of nitrogens with zero attached hydrogens (tertiary/aromatic N) is 1. The van der Waals surface area contributed by atoms with Gasteiger partial charge in [0.05, 0.1) is 6.10 Å². The zero-order chi connectivity index (χ0) is 7.40. The van der Waals surface area contributed by atoms with E-state index in [1.807, 2.05) is 0 Å². The fourth-order valence-electron chi connectivity index (χ4n) is 0.482. The van der Waals surface area contributed by atoms with Gasteiger partial charge in [0.2, 0.25) is 0 Å². The predicted molar refractivity (Wildman–Crippen MR) is 33.7 cm³/mol. The molecular formula is C6H9NO3. The lowest BCUT2D eigenvalue weighted by Gasteiger charge is -2.02. The van der Waals surface area contributed by atoms with Gasteiger partial charge in [-0.3, -0.25) is 0 Å². The van der Waals surface area contributed by atoms with Crippen molar-refractivity contribution in [3.05, 3.63) is 12.3 Å². The van der Waals surface area contributed by atoms with Crippen LogP contribution in [0, 0.1) is 0 Å². The third kappa shape index (κ3) is 2.06. The first-order valence-corrected chi connectivity index (χ1v) is 3.00. The number of aliphatic hydroxyl groups is 1. The van der Waals surface area contributed by atoms with Crippen LogP contribution >= 0.6 is 0 Å². The maximum Gasteiger partial charge on any atom is 0.254 e. The summed E-state index contributed by atoms with van der Waals surface area (Å²) < 4.78 is 9.44. The molecule has 4 heteroatoms. The van der Waals surface area contributed by atoms with Crippen LogP contribution in [0.5, 0.6) is 5.88 Å². The normalized spacial score (nSPS) is 13.0. The number of rotatable bonds is 3. The zero-order valence-corrected chi connectivity index (χ0v) is 5.65. The van der Waals surface area contributed by atoms with Gasteiger partial charge in [-0.25, -0.2) is 0 Å². The predicted octanol–water partition coefficient (Wildman–Crippen LogP) is 0.434. The average molecular weight is 143 g/mol. The molecule has 1 heterocycles. The molecule has 0 aliphatic rings. The maximum atomic E-state index is 8.77. The van der Waals surface area contributed by atoms with Crippen molar-refractivity contribution in [3.8, 4) is 5.88 Å². The Hall–Kier alpha value is -1.03. The van der Waals surface area contributed by atoms with Crippen molar-refractivity contribution in [3.63, 3.8) is 0 Å². The molecule has 0 fully saturated rings. The molecule has 0 saturated carbocycles. The van der Waals surface area contributed by atoms with Crippen LogP contribution in [0.2, 0.25) is 0 Å². The molecule has 0 aromatic carbocycles. The van der Waals surface area contributed by atoms with Crippen molar-refractivity contribution in [1.29, 1.82) is 0 Å². The lowest BCUT2D eigenvalue weighted by atomic mass is 10.4. The van der Waals surface area contributed by atoms with E-state index in [0.29, 0.717) is 5.88 Å². The quantitative estimate of drug-likeness (QED) is 0.666. The van der Waals surface area contributed by atoms with Crippen molar-refractivity contribution >= 4 is 0 Å². The summed E-state index contributed by atoms with van der Waals surface area (Å²) in [4.78, 5) is 0. The highest BCUT2D eigenvalue weighted by molar-refractivity contribution is 5.01. The van der Waals surface area contributed by atoms with Crippen LogP contribution in [0.4, 0.5) is 0 Å². The Kier molecular flexibility index (Phi) is 2.28. The monoisotopic (exact) mass is 143 g/mol. The minimum atomic E-state index is -0.475. The Balaban J connectivity index is 2.28. The Labute approximate surface area is 58.4 Å². The average Bonchev–Trinajstić information content (AvgIpc) is 2.34. The first-order chi connectivity index (χ1) is 4.79. The largest absolute Gasteiger partial charge is 0.473 e. The summed E-state index contributed by atoms with van der Waals surface area (Å²) in [5.74, 6) is 0.404. The van der Waals surface area contributed by atoms with Crippen LogP contribution in [0.1, 0.15) is 6.92 Å². The van der Waals surface area contributed by atoms with E-state index in [1.54, 1.807) is 13.0 Å². The van der Waals surface area contributed by atoms with Gasteiger partial charge in [0.25, 0.3) is 5.88 Å². The highest BCUT2D eigenvalue weighted by Gasteiger charge is 1.98. The van der Waals surface area contributed by atoms with Crippen molar-refractivity contribution in [2.45, 2.75) is 13.0 Å². The minimum absolute atomic E-state index is 0.243. The summed E-state index contributed by atoms with van der Waals surface area (Å²) >= 11 is 0. The molecule has 0 spiro atoms. The lowest BCUT2D eigenvalue weighted by molar-refractivity contribution is 0.117. The van der Waals surface area contributed by atoms with E-state index in [4.69, 9.17) is 9.84 Å². The van der Waals surface area contributed by atoms with Gasteiger partial charge in [-0.2, -0.15) is 0 Å². The number of hydrogen-bond acceptors (Lipinski definition) is 4.